The van der Waals surface area contributed by atoms with Gasteiger partial charge in [0.25, 0.3) is 0 Å². The quantitative estimate of drug-likeness (QED) is 0.512. The fourth-order valence-corrected chi connectivity index (χ4v) is 3.78. The zero-order valence-electron chi connectivity index (χ0n) is 18.2. The molecule has 0 aliphatic rings. The topological polar surface area (TPSA) is 76.4 Å². The maximum atomic E-state index is 12.9. The normalized spacial score (nSPS) is 10.5. The molecule has 0 saturated heterocycles. The van der Waals surface area contributed by atoms with Gasteiger partial charge in [0.05, 0.1) is 18.2 Å². The van der Waals surface area contributed by atoms with Crippen molar-refractivity contribution >= 4 is 46.4 Å². The second-order valence-corrected chi connectivity index (χ2v) is 8.54. The molecule has 1 N–H and O–H groups in total. The zero-order valence-corrected chi connectivity index (χ0v) is 19.7. The first-order valence-electron chi connectivity index (χ1n) is 10.1. The first-order chi connectivity index (χ1) is 15.7. The van der Waals surface area contributed by atoms with Crippen molar-refractivity contribution in [2.75, 3.05) is 37.4 Å². The number of carbonyl (C=O) groups is 2. The summed E-state index contributed by atoms with van der Waals surface area (Å²) in [6, 6.07) is 21.4. The third-order valence-electron chi connectivity index (χ3n) is 4.70. The van der Waals surface area contributed by atoms with E-state index in [4.69, 9.17) is 28.5 Å². The van der Waals surface area contributed by atoms with Crippen LogP contribution in [-0.4, -0.2) is 43.9 Å². The number of anilines is 2. The summed E-state index contributed by atoms with van der Waals surface area (Å²) in [5.41, 5.74) is 3.39. The van der Waals surface area contributed by atoms with E-state index in [0.29, 0.717) is 27.0 Å². The number of amides is 2. The summed E-state index contributed by atoms with van der Waals surface area (Å²) >= 11 is 12.0. The lowest BCUT2D eigenvalue weighted by molar-refractivity contribution is -0.122. The Balaban J connectivity index is 1.83. The van der Waals surface area contributed by atoms with Crippen LogP contribution in [0.2, 0.25) is 10.0 Å². The van der Waals surface area contributed by atoms with E-state index in [0.717, 1.165) is 11.1 Å². The lowest BCUT2D eigenvalue weighted by Gasteiger charge is -2.24. The minimum atomic E-state index is -0.383. The van der Waals surface area contributed by atoms with Crippen LogP contribution in [0, 0.1) is 11.3 Å². The first kappa shape index (κ1) is 24.3. The fraction of sp³-hybridized carbons (Fsp3) is 0.160. The molecular weight excluding hydrogens is 459 g/mol. The Bertz CT molecular complexity index is 1180. The van der Waals surface area contributed by atoms with E-state index in [9.17, 15) is 9.59 Å². The Morgan fingerprint density at radius 2 is 1.58 bits per heavy atom. The number of hydrogen-bond donors (Lipinski definition) is 1. The van der Waals surface area contributed by atoms with Crippen molar-refractivity contribution in [2.45, 2.75) is 0 Å². The van der Waals surface area contributed by atoms with Gasteiger partial charge in [0.2, 0.25) is 11.8 Å². The monoisotopic (exact) mass is 480 g/mol. The highest BCUT2D eigenvalue weighted by atomic mass is 35.5. The smallest absolute Gasteiger partial charge is 0.244 e. The lowest BCUT2D eigenvalue weighted by atomic mass is 10.0. The van der Waals surface area contributed by atoms with Gasteiger partial charge in [0.15, 0.2) is 0 Å². The summed E-state index contributed by atoms with van der Waals surface area (Å²) in [6.45, 7) is -0.0394. The third-order valence-corrected chi connectivity index (χ3v) is 5.14. The van der Waals surface area contributed by atoms with Crippen LogP contribution in [0.1, 0.15) is 5.56 Å². The highest BCUT2D eigenvalue weighted by molar-refractivity contribution is 6.35. The zero-order chi connectivity index (χ0) is 24.0. The van der Waals surface area contributed by atoms with Crippen molar-refractivity contribution in [3.05, 3.63) is 82.3 Å². The van der Waals surface area contributed by atoms with Gasteiger partial charge in [0.1, 0.15) is 6.54 Å². The number of nitriles is 1. The summed E-state index contributed by atoms with van der Waals surface area (Å²) in [6.07, 6.45) is 0. The van der Waals surface area contributed by atoms with Crippen LogP contribution in [0.4, 0.5) is 11.4 Å². The van der Waals surface area contributed by atoms with Gasteiger partial charge in [-0.05, 0) is 67.7 Å². The van der Waals surface area contributed by atoms with Gasteiger partial charge in [-0.3, -0.25) is 9.59 Å². The van der Waals surface area contributed by atoms with E-state index in [2.05, 4.69) is 11.4 Å². The Kier molecular flexibility index (Phi) is 8.07. The first-order valence-corrected chi connectivity index (χ1v) is 10.8. The van der Waals surface area contributed by atoms with Gasteiger partial charge < -0.3 is 15.1 Å². The van der Waals surface area contributed by atoms with Crippen LogP contribution in [0.5, 0.6) is 0 Å². The molecule has 3 aromatic carbocycles. The van der Waals surface area contributed by atoms with E-state index in [1.807, 2.05) is 24.3 Å². The number of likely N-dealkylation sites (N-methyl/N-ethyl adjacent to an activating group) is 1. The molecule has 0 fully saturated rings. The molecule has 0 radical (unpaired) electrons. The molecular formula is C25H22Cl2N4O2. The van der Waals surface area contributed by atoms with Crippen molar-refractivity contribution in [1.82, 2.24) is 4.90 Å². The minimum absolute atomic E-state index is 0.141. The van der Waals surface area contributed by atoms with Gasteiger partial charge in [-0.1, -0.05) is 47.5 Å². The number of benzene rings is 3. The highest BCUT2D eigenvalue weighted by Gasteiger charge is 2.20. The SMILES string of the molecule is CN(C)CC(=O)N(CC(=O)Nc1cc(Cl)cc(Cl)c1)c1ccc(-c2cccc(C#N)c2)cc1. The Morgan fingerprint density at radius 3 is 2.18 bits per heavy atom. The second-order valence-electron chi connectivity index (χ2n) is 7.66. The van der Waals surface area contributed by atoms with E-state index in [1.165, 1.54) is 4.90 Å². The van der Waals surface area contributed by atoms with Crippen molar-refractivity contribution in [1.29, 1.82) is 5.26 Å². The molecule has 0 aliphatic carbocycles. The average molecular weight is 481 g/mol. The number of halogens is 2. The molecule has 0 heterocycles. The van der Waals surface area contributed by atoms with Crippen LogP contribution in [0.3, 0.4) is 0 Å². The van der Waals surface area contributed by atoms with Crippen molar-refractivity contribution in [2.24, 2.45) is 0 Å². The lowest BCUT2D eigenvalue weighted by Crippen LogP contribution is -2.42. The number of nitrogens with one attached hydrogen (secondary N) is 1. The largest absolute Gasteiger partial charge is 0.324 e. The molecule has 0 aliphatic heterocycles. The van der Waals surface area contributed by atoms with Crippen molar-refractivity contribution < 1.29 is 9.59 Å². The average Bonchev–Trinajstić information content (AvgIpc) is 2.76. The second kappa shape index (κ2) is 11.0. The molecule has 3 aromatic rings. The summed E-state index contributed by atoms with van der Waals surface area (Å²) in [5, 5.41) is 12.7. The molecule has 0 aromatic heterocycles. The predicted molar refractivity (Wildman–Crippen MR) is 133 cm³/mol. The predicted octanol–water partition coefficient (Wildman–Crippen LogP) is 5.07. The van der Waals surface area contributed by atoms with Crippen LogP contribution >= 0.6 is 23.2 Å². The molecule has 0 unspecified atom stereocenters. The van der Waals surface area contributed by atoms with Crippen LogP contribution < -0.4 is 10.2 Å². The summed E-state index contributed by atoms with van der Waals surface area (Å²) in [5.74, 6) is -0.607. The van der Waals surface area contributed by atoms with Crippen LogP contribution in [-0.2, 0) is 9.59 Å². The Labute approximate surface area is 202 Å². The van der Waals surface area contributed by atoms with Crippen LogP contribution in [0.25, 0.3) is 11.1 Å². The van der Waals surface area contributed by atoms with Gasteiger partial charge in [-0.2, -0.15) is 5.26 Å². The molecule has 3 rings (SSSR count). The molecule has 0 bridgehead atoms. The van der Waals surface area contributed by atoms with Gasteiger partial charge in [-0.25, -0.2) is 0 Å². The maximum Gasteiger partial charge on any atom is 0.244 e. The summed E-state index contributed by atoms with van der Waals surface area (Å²) < 4.78 is 0. The Hall–Kier alpha value is -3.37. The van der Waals surface area contributed by atoms with E-state index in [1.54, 1.807) is 61.5 Å². The molecule has 33 heavy (non-hydrogen) atoms. The highest BCUT2D eigenvalue weighted by Crippen LogP contribution is 2.25. The minimum Gasteiger partial charge on any atom is -0.324 e. The standard InChI is InChI=1S/C25H22Cl2N4O2/c1-30(2)16-25(33)31(15-24(32)29-22-12-20(26)11-21(27)13-22)23-8-6-18(7-9-23)19-5-3-4-17(10-19)14-28/h3-13H,15-16H2,1-2H3,(H,29,32). The van der Waals surface area contributed by atoms with Gasteiger partial charge in [0, 0.05) is 21.4 Å². The summed E-state index contributed by atoms with van der Waals surface area (Å²) in [4.78, 5) is 28.8. The molecule has 0 saturated carbocycles. The summed E-state index contributed by atoms with van der Waals surface area (Å²) in [7, 11) is 3.57. The van der Waals surface area contributed by atoms with E-state index < -0.39 is 0 Å². The maximum absolute atomic E-state index is 12.9. The molecule has 2 amide bonds. The molecule has 6 nitrogen and oxygen atoms in total. The molecule has 8 heteroatoms. The molecule has 0 spiro atoms. The Morgan fingerprint density at radius 1 is 0.909 bits per heavy atom. The number of nitrogens with zero attached hydrogens (tertiary/aromatic N) is 3. The third kappa shape index (κ3) is 6.80. The van der Waals surface area contributed by atoms with Crippen molar-refractivity contribution in [3.8, 4) is 17.2 Å². The molecule has 168 valence electrons. The molecule has 0 atom stereocenters. The number of hydrogen-bond acceptors (Lipinski definition) is 4. The number of carbonyl (C=O) groups excluding carboxylic acids is 2. The van der Waals surface area contributed by atoms with Crippen molar-refractivity contribution in [3.63, 3.8) is 0 Å². The van der Waals surface area contributed by atoms with Crippen LogP contribution in [0.15, 0.2) is 66.7 Å². The van der Waals surface area contributed by atoms with E-state index >= 15 is 0 Å². The van der Waals surface area contributed by atoms with Gasteiger partial charge >= 0.3 is 0 Å². The van der Waals surface area contributed by atoms with E-state index in [-0.39, 0.29) is 24.9 Å². The van der Waals surface area contributed by atoms with Gasteiger partial charge in [-0.15, -0.1) is 0 Å². The number of rotatable bonds is 7. The fourth-order valence-electron chi connectivity index (χ4n) is 3.25.